The van der Waals surface area contributed by atoms with Crippen molar-refractivity contribution < 1.29 is 9.53 Å². The minimum absolute atomic E-state index is 0.259. The highest BCUT2D eigenvalue weighted by atomic mass is 16.5. The van der Waals surface area contributed by atoms with E-state index >= 15 is 0 Å². The van der Waals surface area contributed by atoms with Gasteiger partial charge in [-0.1, -0.05) is 0 Å². The van der Waals surface area contributed by atoms with Gasteiger partial charge in [0.2, 0.25) is 0 Å². The molecular weight excluding hydrogens is 258 g/mol. The van der Waals surface area contributed by atoms with Crippen molar-refractivity contribution in [3.63, 3.8) is 0 Å². The predicted octanol–water partition coefficient (Wildman–Crippen LogP) is 1.63. The number of aryl methyl sites for hydroxylation is 2. The number of pyridine rings is 1. The van der Waals surface area contributed by atoms with Gasteiger partial charge >= 0.3 is 5.97 Å². The Morgan fingerprint density at radius 2 is 2.30 bits per heavy atom. The zero-order valence-corrected chi connectivity index (χ0v) is 11.7. The number of carbonyl (C=O) groups is 1. The number of hydrogen-bond donors (Lipinski definition) is 2. The van der Waals surface area contributed by atoms with Crippen molar-refractivity contribution in [1.82, 2.24) is 14.8 Å². The Hall–Kier alpha value is -2.57. The Morgan fingerprint density at radius 3 is 2.90 bits per heavy atom. The van der Waals surface area contributed by atoms with Crippen molar-refractivity contribution in [2.45, 2.75) is 13.8 Å². The average molecular weight is 275 g/mol. The molecule has 3 N–H and O–H groups in total. The van der Waals surface area contributed by atoms with E-state index in [0.717, 1.165) is 11.4 Å². The van der Waals surface area contributed by atoms with E-state index in [2.05, 4.69) is 15.4 Å². The molecule has 0 bridgehead atoms. The molecule has 0 aliphatic rings. The number of nitrogens with one attached hydrogen (secondary N) is 1. The SMILES string of the molecule is CCOC(=O)c1ccnc(Nc2cn(C)nc2C)c1N. The number of carbonyl (C=O) groups excluding carboxylic acids is 1. The number of nitrogens with zero attached hydrogens (tertiary/aromatic N) is 3. The molecule has 0 unspecified atom stereocenters. The van der Waals surface area contributed by atoms with Crippen LogP contribution in [0.25, 0.3) is 0 Å². The molecule has 20 heavy (non-hydrogen) atoms. The van der Waals surface area contributed by atoms with E-state index < -0.39 is 5.97 Å². The maximum atomic E-state index is 11.8. The molecule has 2 heterocycles. The third-order valence-corrected chi connectivity index (χ3v) is 2.75. The van der Waals surface area contributed by atoms with Crippen LogP contribution in [0, 0.1) is 6.92 Å². The molecule has 2 aromatic rings. The zero-order valence-electron chi connectivity index (χ0n) is 11.7. The second-order valence-electron chi connectivity index (χ2n) is 4.27. The molecular formula is C13H17N5O2. The molecule has 0 amide bonds. The van der Waals surface area contributed by atoms with E-state index in [1.54, 1.807) is 11.6 Å². The van der Waals surface area contributed by atoms with E-state index in [4.69, 9.17) is 10.5 Å². The van der Waals surface area contributed by atoms with Crippen LogP contribution in [0.15, 0.2) is 18.5 Å². The molecule has 0 aliphatic carbocycles. The second-order valence-corrected chi connectivity index (χ2v) is 4.27. The van der Waals surface area contributed by atoms with Crippen molar-refractivity contribution in [2.24, 2.45) is 7.05 Å². The lowest BCUT2D eigenvalue weighted by molar-refractivity contribution is 0.0527. The summed E-state index contributed by atoms with van der Waals surface area (Å²) in [5.74, 6) is -0.0509. The van der Waals surface area contributed by atoms with E-state index in [-0.39, 0.29) is 5.69 Å². The molecule has 0 aromatic carbocycles. The molecule has 2 rings (SSSR count). The molecule has 0 spiro atoms. The predicted molar refractivity (Wildman–Crippen MR) is 75.8 cm³/mol. The highest BCUT2D eigenvalue weighted by Gasteiger charge is 2.15. The fourth-order valence-electron chi connectivity index (χ4n) is 1.81. The fraction of sp³-hybridized carbons (Fsp3) is 0.308. The van der Waals surface area contributed by atoms with E-state index in [9.17, 15) is 4.79 Å². The Morgan fingerprint density at radius 1 is 1.55 bits per heavy atom. The van der Waals surface area contributed by atoms with Gasteiger partial charge in [0.1, 0.15) is 0 Å². The summed E-state index contributed by atoms with van der Waals surface area (Å²) in [6, 6.07) is 1.54. The fourth-order valence-corrected chi connectivity index (χ4v) is 1.81. The lowest BCUT2D eigenvalue weighted by atomic mass is 10.2. The summed E-state index contributed by atoms with van der Waals surface area (Å²) in [6.07, 6.45) is 3.32. The summed E-state index contributed by atoms with van der Waals surface area (Å²) >= 11 is 0. The van der Waals surface area contributed by atoms with Gasteiger partial charge in [-0.2, -0.15) is 5.10 Å². The third kappa shape index (κ3) is 2.71. The number of anilines is 3. The second kappa shape index (κ2) is 5.60. The van der Waals surface area contributed by atoms with Crippen LogP contribution in [0.4, 0.5) is 17.2 Å². The van der Waals surface area contributed by atoms with Gasteiger partial charge in [-0.15, -0.1) is 0 Å². The lowest BCUT2D eigenvalue weighted by Gasteiger charge is -2.10. The maximum Gasteiger partial charge on any atom is 0.340 e. The quantitative estimate of drug-likeness (QED) is 0.823. The Kier molecular flexibility index (Phi) is 3.88. The van der Waals surface area contributed by atoms with E-state index in [1.807, 2.05) is 20.2 Å². The highest BCUT2D eigenvalue weighted by molar-refractivity contribution is 5.98. The van der Waals surface area contributed by atoms with Crippen molar-refractivity contribution in [2.75, 3.05) is 17.7 Å². The lowest BCUT2D eigenvalue weighted by Crippen LogP contribution is -2.10. The summed E-state index contributed by atoms with van der Waals surface area (Å²) in [5.41, 5.74) is 8.12. The van der Waals surface area contributed by atoms with Crippen LogP contribution in [-0.2, 0) is 11.8 Å². The standard InChI is InChI=1S/C13H17N5O2/c1-4-20-13(19)9-5-6-15-12(11(9)14)16-10-7-18(3)17-8(10)2/h5-7H,4,14H2,1-3H3,(H,15,16). The van der Waals surface area contributed by atoms with Gasteiger partial charge in [-0.25, -0.2) is 9.78 Å². The summed E-state index contributed by atoms with van der Waals surface area (Å²) < 4.78 is 6.63. The first-order chi connectivity index (χ1) is 9.52. The molecule has 2 aromatic heterocycles. The van der Waals surface area contributed by atoms with Gasteiger partial charge < -0.3 is 15.8 Å². The Balaban J connectivity index is 2.31. The monoisotopic (exact) mass is 275 g/mol. The highest BCUT2D eigenvalue weighted by Crippen LogP contribution is 2.25. The van der Waals surface area contributed by atoms with E-state index in [0.29, 0.717) is 18.0 Å². The normalized spacial score (nSPS) is 10.3. The molecule has 0 aliphatic heterocycles. The minimum Gasteiger partial charge on any atom is -0.462 e. The van der Waals surface area contributed by atoms with Crippen LogP contribution in [0.1, 0.15) is 23.0 Å². The number of nitrogen functional groups attached to an aromatic ring is 1. The van der Waals surface area contributed by atoms with Crippen LogP contribution in [0.2, 0.25) is 0 Å². The van der Waals surface area contributed by atoms with Crippen LogP contribution in [-0.4, -0.2) is 27.3 Å². The smallest absolute Gasteiger partial charge is 0.340 e. The number of rotatable bonds is 4. The Labute approximate surface area is 116 Å². The van der Waals surface area contributed by atoms with Gasteiger partial charge in [-0.3, -0.25) is 4.68 Å². The number of aromatic nitrogens is 3. The molecule has 0 saturated heterocycles. The van der Waals surface area contributed by atoms with Gasteiger partial charge in [0, 0.05) is 19.4 Å². The van der Waals surface area contributed by atoms with Crippen molar-refractivity contribution in [3.8, 4) is 0 Å². The molecule has 7 nitrogen and oxygen atoms in total. The molecule has 0 radical (unpaired) electrons. The first-order valence-corrected chi connectivity index (χ1v) is 6.21. The van der Waals surface area contributed by atoms with Gasteiger partial charge in [0.25, 0.3) is 0 Å². The first kappa shape index (κ1) is 13.9. The summed E-state index contributed by atoms with van der Waals surface area (Å²) in [6.45, 7) is 3.91. The third-order valence-electron chi connectivity index (χ3n) is 2.75. The summed E-state index contributed by atoms with van der Waals surface area (Å²) in [7, 11) is 1.82. The molecule has 7 heteroatoms. The average Bonchev–Trinajstić information content (AvgIpc) is 2.70. The number of esters is 1. The van der Waals surface area contributed by atoms with Crippen LogP contribution in [0.5, 0.6) is 0 Å². The van der Waals surface area contributed by atoms with Crippen LogP contribution >= 0.6 is 0 Å². The molecule has 0 atom stereocenters. The Bertz CT molecular complexity index is 636. The van der Waals surface area contributed by atoms with E-state index in [1.165, 1.54) is 12.3 Å². The van der Waals surface area contributed by atoms with Crippen LogP contribution < -0.4 is 11.1 Å². The number of ether oxygens (including phenoxy) is 1. The van der Waals surface area contributed by atoms with Crippen LogP contribution in [0.3, 0.4) is 0 Å². The molecule has 0 saturated carbocycles. The number of hydrogen-bond acceptors (Lipinski definition) is 6. The number of nitrogens with two attached hydrogens (primary N) is 1. The van der Waals surface area contributed by atoms with Gasteiger partial charge in [0.05, 0.1) is 29.2 Å². The minimum atomic E-state index is -0.460. The van der Waals surface area contributed by atoms with Crippen molar-refractivity contribution >= 4 is 23.2 Å². The van der Waals surface area contributed by atoms with Gasteiger partial charge in [-0.05, 0) is 19.9 Å². The summed E-state index contributed by atoms with van der Waals surface area (Å²) in [5, 5.41) is 7.29. The first-order valence-electron chi connectivity index (χ1n) is 6.21. The topological polar surface area (TPSA) is 95.1 Å². The largest absolute Gasteiger partial charge is 0.462 e. The van der Waals surface area contributed by atoms with Gasteiger partial charge in [0.15, 0.2) is 5.82 Å². The molecule has 106 valence electrons. The molecule has 0 fully saturated rings. The van der Waals surface area contributed by atoms with Crippen molar-refractivity contribution in [3.05, 3.63) is 29.7 Å². The maximum absolute atomic E-state index is 11.8. The summed E-state index contributed by atoms with van der Waals surface area (Å²) in [4.78, 5) is 15.9. The van der Waals surface area contributed by atoms with Crippen molar-refractivity contribution in [1.29, 1.82) is 0 Å². The zero-order chi connectivity index (χ0) is 14.7.